The fraction of sp³-hybridized carbons (Fsp3) is 0.0714. The predicted molar refractivity (Wildman–Crippen MR) is 78.9 cm³/mol. The summed E-state index contributed by atoms with van der Waals surface area (Å²) in [7, 11) is 0. The molecule has 0 heterocycles. The van der Waals surface area contributed by atoms with Crippen molar-refractivity contribution >= 4 is 23.0 Å². The predicted octanol–water partition coefficient (Wildman–Crippen LogP) is 3.62. The lowest BCUT2D eigenvalue weighted by Crippen LogP contribution is -2.27. The van der Waals surface area contributed by atoms with Crippen molar-refractivity contribution in [1.29, 1.82) is 0 Å². The number of anilines is 1. The van der Waals surface area contributed by atoms with Crippen LogP contribution < -0.4 is 10.6 Å². The van der Waals surface area contributed by atoms with Crippen molar-refractivity contribution in [2.75, 3.05) is 5.32 Å². The lowest BCUT2D eigenvalue weighted by molar-refractivity contribution is 1.18. The van der Waals surface area contributed by atoms with Gasteiger partial charge in [0.2, 0.25) is 0 Å². The van der Waals surface area contributed by atoms with Gasteiger partial charge in [0.25, 0.3) is 0 Å². The molecule has 0 saturated heterocycles. The summed E-state index contributed by atoms with van der Waals surface area (Å²) in [6.45, 7) is 5.57. The Morgan fingerprint density at radius 3 is 2.59 bits per heavy atom. The first-order valence-corrected chi connectivity index (χ1v) is 5.75. The van der Waals surface area contributed by atoms with E-state index < -0.39 is 0 Å². The molecule has 88 valence electrons. The van der Waals surface area contributed by atoms with Gasteiger partial charge in [-0.05, 0) is 37.4 Å². The molecule has 0 spiro atoms. The Morgan fingerprint density at radius 2 is 2.00 bits per heavy atom. The molecular formula is C14H16N2S. The Kier molecular flexibility index (Phi) is 5.75. The van der Waals surface area contributed by atoms with E-state index in [2.05, 4.69) is 17.2 Å². The summed E-state index contributed by atoms with van der Waals surface area (Å²) in [6.07, 6.45) is 7.43. The largest absolute Gasteiger partial charge is 0.333 e. The number of rotatable bonds is 4. The fourth-order valence-corrected chi connectivity index (χ4v) is 1.43. The van der Waals surface area contributed by atoms with E-state index in [4.69, 9.17) is 12.2 Å². The summed E-state index contributed by atoms with van der Waals surface area (Å²) in [5.74, 6) is 0. The molecular weight excluding hydrogens is 228 g/mol. The molecule has 17 heavy (non-hydrogen) atoms. The molecule has 0 aliphatic rings. The van der Waals surface area contributed by atoms with E-state index in [0.717, 1.165) is 11.4 Å². The van der Waals surface area contributed by atoms with E-state index in [-0.39, 0.29) is 0 Å². The molecule has 1 aromatic rings. The zero-order chi connectivity index (χ0) is 12.5. The average Bonchev–Trinajstić information content (AvgIpc) is 2.35. The Labute approximate surface area is 108 Å². The van der Waals surface area contributed by atoms with Gasteiger partial charge in [0.05, 0.1) is 0 Å². The monoisotopic (exact) mass is 244 g/mol. The molecule has 0 aromatic heterocycles. The smallest absolute Gasteiger partial charge is 0.175 e. The normalized spacial score (nSPS) is 11.2. The third-order valence-corrected chi connectivity index (χ3v) is 2.22. The summed E-state index contributed by atoms with van der Waals surface area (Å²) in [4.78, 5) is 0. The number of benzene rings is 1. The third-order valence-electron chi connectivity index (χ3n) is 2.01. The Balaban J connectivity index is 2.55. The highest BCUT2D eigenvalue weighted by atomic mass is 32.1. The van der Waals surface area contributed by atoms with Gasteiger partial charge in [-0.1, -0.05) is 43.0 Å². The summed E-state index contributed by atoms with van der Waals surface area (Å²) in [5, 5.41) is 6.77. The molecule has 0 atom stereocenters. The molecule has 0 radical (unpaired) electrons. The Hall–Kier alpha value is -1.87. The van der Waals surface area contributed by atoms with E-state index in [1.807, 2.05) is 55.5 Å². The van der Waals surface area contributed by atoms with Crippen LogP contribution in [0.4, 0.5) is 5.69 Å². The standard InChI is InChI=1S/C14H16N2S/c1-3-5-9-12(4-2)15-14(17)16-13-10-7-6-8-11-13/h3-11H,1H2,2H3,(H2,15,16,17)/b9-5-,12-4+. The number of allylic oxidation sites excluding steroid dienone is 4. The summed E-state index contributed by atoms with van der Waals surface area (Å²) in [5.41, 5.74) is 1.89. The highest BCUT2D eigenvalue weighted by Crippen LogP contribution is 2.05. The molecule has 1 rings (SSSR count). The van der Waals surface area contributed by atoms with Crippen molar-refractivity contribution < 1.29 is 0 Å². The topological polar surface area (TPSA) is 24.1 Å². The molecule has 2 nitrogen and oxygen atoms in total. The molecule has 0 amide bonds. The molecule has 2 N–H and O–H groups in total. The molecule has 0 unspecified atom stereocenters. The second-order valence-electron chi connectivity index (χ2n) is 3.28. The zero-order valence-corrected chi connectivity index (χ0v) is 10.6. The van der Waals surface area contributed by atoms with Crippen LogP contribution in [0.2, 0.25) is 0 Å². The molecule has 0 aliphatic carbocycles. The second-order valence-corrected chi connectivity index (χ2v) is 3.69. The quantitative estimate of drug-likeness (QED) is 0.625. The molecule has 0 aliphatic heterocycles. The maximum Gasteiger partial charge on any atom is 0.175 e. The van der Waals surface area contributed by atoms with Gasteiger partial charge in [0.15, 0.2) is 5.11 Å². The van der Waals surface area contributed by atoms with Gasteiger partial charge in [0, 0.05) is 11.4 Å². The van der Waals surface area contributed by atoms with Gasteiger partial charge < -0.3 is 10.6 Å². The van der Waals surface area contributed by atoms with Gasteiger partial charge in [-0.15, -0.1) is 0 Å². The second kappa shape index (κ2) is 7.41. The lowest BCUT2D eigenvalue weighted by Gasteiger charge is -2.10. The van der Waals surface area contributed by atoms with E-state index in [1.54, 1.807) is 6.08 Å². The van der Waals surface area contributed by atoms with Crippen molar-refractivity contribution in [1.82, 2.24) is 5.32 Å². The summed E-state index contributed by atoms with van der Waals surface area (Å²) >= 11 is 5.21. The molecule has 0 fully saturated rings. The van der Waals surface area contributed by atoms with Crippen LogP contribution in [0.15, 0.2) is 66.9 Å². The number of nitrogens with one attached hydrogen (secondary N) is 2. The number of para-hydroxylation sites is 1. The van der Waals surface area contributed by atoms with Crippen LogP contribution in [0.1, 0.15) is 6.92 Å². The van der Waals surface area contributed by atoms with Gasteiger partial charge >= 0.3 is 0 Å². The van der Waals surface area contributed by atoms with Crippen LogP contribution in [-0.4, -0.2) is 5.11 Å². The van der Waals surface area contributed by atoms with Crippen molar-refractivity contribution in [2.45, 2.75) is 6.92 Å². The molecule has 0 bridgehead atoms. The van der Waals surface area contributed by atoms with Gasteiger partial charge in [-0.25, -0.2) is 0 Å². The SMILES string of the molecule is C=C/C=C\C(=C/C)NC(=S)Nc1ccccc1. The number of hydrogen-bond donors (Lipinski definition) is 2. The number of hydrogen-bond acceptors (Lipinski definition) is 1. The fourth-order valence-electron chi connectivity index (χ4n) is 1.20. The highest BCUT2D eigenvalue weighted by Gasteiger charge is 1.97. The van der Waals surface area contributed by atoms with Crippen LogP contribution in [0, 0.1) is 0 Å². The minimum Gasteiger partial charge on any atom is -0.333 e. The van der Waals surface area contributed by atoms with Crippen molar-refractivity contribution in [3.8, 4) is 0 Å². The van der Waals surface area contributed by atoms with Gasteiger partial charge in [-0.3, -0.25) is 0 Å². The van der Waals surface area contributed by atoms with Gasteiger partial charge in [-0.2, -0.15) is 0 Å². The third kappa shape index (κ3) is 5.13. The minimum absolute atomic E-state index is 0.568. The highest BCUT2D eigenvalue weighted by molar-refractivity contribution is 7.80. The molecule has 0 saturated carbocycles. The zero-order valence-electron chi connectivity index (χ0n) is 9.81. The first-order chi connectivity index (χ1) is 8.26. The minimum atomic E-state index is 0.568. The van der Waals surface area contributed by atoms with E-state index >= 15 is 0 Å². The van der Waals surface area contributed by atoms with Crippen molar-refractivity contribution in [2.24, 2.45) is 0 Å². The van der Waals surface area contributed by atoms with Crippen LogP contribution in [-0.2, 0) is 0 Å². The molecule has 1 aromatic carbocycles. The van der Waals surface area contributed by atoms with Gasteiger partial charge in [0.1, 0.15) is 0 Å². The molecule has 3 heteroatoms. The first-order valence-electron chi connectivity index (χ1n) is 5.34. The maximum absolute atomic E-state index is 5.21. The van der Waals surface area contributed by atoms with Crippen LogP contribution in [0.5, 0.6) is 0 Å². The van der Waals surface area contributed by atoms with Crippen molar-refractivity contribution in [3.05, 3.63) is 66.9 Å². The maximum atomic E-state index is 5.21. The van der Waals surface area contributed by atoms with E-state index in [0.29, 0.717) is 5.11 Å². The summed E-state index contributed by atoms with van der Waals surface area (Å²) in [6, 6.07) is 9.80. The van der Waals surface area contributed by atoms with Crippen LogP contribution in [0.3, 0.4) is 0 Å². The summed E-state index contributed by atoms with van der Waals surface area (Å²) < 4.78 is 0. The van der Waals surface area contributed by atoms with E-state index in [1.165, 1.54) is 0 Å². The first kappa shape index (κ1) is 13.2. The van der Waals surface area contributed by atoms with E-state index in [9.17, 15) is 0 Å². The Morgan fingerprint density at radius 1 is 1.29 bits per heavy atom. The lowest BCUT2D eigenvalue weighted by atomic mass is 10.3. The Bertz CT molecular complexity index is 433. The van der Waals surface area contributed by atoms with Crippen molar-refractivity contribution in [3.63, 3.8) is 0 Å². The number of thiocarbonyl (C=S) groups is 1. The average molecular weight is 244 g/mol. The van der Waals surface area contributed by atoms with Crippen LogP contribution >= 0.6 is 12.2 Å². The van der Waals surface area contributed by atoms with Crippen LogP contribution in [0.25, 0.3) is 0 Å².